The lowest BCUT2D eigenvalue weighted by atomic mass is 9.99. The van der Waals surface area contributed by atoms with E-state index in [0.29, 0.717) is 5.92 Å². The van der Waals surface area contributed by atoms with Gasteiger partial charge in [0.25, 0.3) is 0 Å². The Morgan fingerprint density at radius 2 is 2.16 bits per heavy atom. The Morgan fingerprint density at radius 3 is 2.79 bits per heavy atom. The molecule has 106 valence electrons. The van der Waals surface area contributed by atoms with Gasteiger partial charge in [0, 0.05) is 6.54 Å². The van der Waals surface area contributed by atoms with Crippen LogP contribution >= 0.6 is 0 Å². The molecule has 1 atom stereocenters. The molecule has 0 radical (unpaired) electrons. The first-order valence-corrected chi connectivity index (χ1v) is 7.16. The number of rotatable bonds is 8. The summed E-state index contributed by atoms with van der Waals surface area (Å²) in [5.74, 6) is 0.233. The molecule has 19 heavy (non-hydrogen) atoms. The zero-order chi connectivity index (χ0) is 14.1. The molecule has 0 spiro atoms. The minimum Gasteiger partial charge on any atom is -0.356 e. The number of amides is 1. The van der Waals surface area contributed by atoms with E-state index in [2.05, 4.69) is 19.2 Å². The van der Waals surface area contributed by atoms with Gasteiger partial charge in [-0.15, -0.1) is 0 Å². The van der Waals surface area contributed by atoms with Crippen LogP contribution in [0, 0.1) is 11.7 Å². The summed E-state index contributed by atoms with van der Waals surface area (Å²) >= 11 is 0. The number of halogens is 1. The number of carbonyl (C=O) groups is 1. The Kier molecular flexibility index (Phi) is 7.16. The summed E-state index contributed by atoms with van der Waals surface area (Å²) in [5.41, 5.74) is 0.721. The Bertz CT molecular complexity index is 392. The molecule has 1 N–H and O–H groups in total. The van der Waals surface area contributed by atoms with E-state index >= 15 is 0 Å². The van der Waals surface area contributed by atoms with Crippen LogP contribution in [0.1, 0.15) is 45.1 Å². The lowest BCUT2D eigenvalue weighted by molar-refractivity contribution is -0.120. The van der Waals surface area contributed by atoms with E-state index in [0.717, 1.165) is 24.9 Å². The van der Waals surface area contributed by atoms with Crippen LogP contribution in [0.3, 0.4) is 0 Å². The van der Waals surface area contributed by atoms with Gasteiger partial charge in [-0.1, -0.05) is 45.2 Å². The third-order valence-corrected chi connectivity index (χ3v) is 3.38. The molecular weight excluding hydrogens is 241 g/mol. The fraction of sp³-hybridized carbons (Fsp3) is 0.562. The Morgan fingerprint density at radius 1 is 1.37 bits per heavy atom. The van der Waals surface area contributed by atoms with E-state index in [1.165, 1.54) is 25.0 Å². The molecular formula is C16H24FNO. The molecule has 0 aliphatic rings. The normalized spacial score (nSPS) is 12.2. The van der Waals surface area contributed by atoms with Crippen molar-refractivity contribution in [3.63, 3.8) is 0 Å². The molecule has 1 aromatic rings. The van der Waals surface area contributed by atoms with Gasteiger partial charge in [-0.2, -0.15) is 0 Å². The summed E-state index contributed by atoms with van der Waals surface area (Å²) in [6.07, 6.45) is 4.89. The fourth-order valence-electron chi connectivity index (χ4n) is 2.10. The third kappa shape index (κ3) is 6.37. The predicted molar refractivity (Wildman–Crippen MR) is 76.4 cm³/mol. The molecule has 1 unspecified atom stereocenters. The van der Waals surface area contributed by atoms with Crippen LogP contribution in [0.25, 0.3) is 0 Å². The van der Waals surface area contributed by atoms with Crippen molar-refractivity contribution in [2.24, 2.45) is 5.92 Å². The number of hydrogen-bond acceptors (Lipinski definition) is 1. The highest BCUT2D eigenvalue weighted by Crippen LogP contribution is 2.11. The summed E-state index contributed by atoms with van der Waals surface area (Å²) < 4.78 is 13.0. The van der Waals surface area contributed by atoms with Crippen LogP contribution in [0.2, 0.25) is 0 Å². The van der Waals surface area contributed by atoms with Crippen LogP contribution in [-0.2, 0) is 11.2 Å². The number of hydrogen-bond donors (Lipinski definition) is 1. The van der Waals surface area contributed by atoms with Crippen molar-refractivity contribution in [3.8, 4) is 0 Å². The van der Waals surface area contributed by atoms with Gasteiger partial charge in [-0.25, -0.2) is 4.39 Å². The lowest BCUT2D eigenvalue weighted by Crippen LogP contribution is -2.30. The first-order chi connectivity index (χ1) is 9.15. The second-order valence-electron chi connectivity index (χ2n) is 5.03. The predicted octanol–water partition coefficient (Wildman–Crippen LogP) is 3.70. The lowest BCUT2D eigenvalue weighted by Gasteiger charge is -2.15. The van der Waals surface area contributed by atoms with Crippen LogP contribution < -0.4 is 5.32 Å². The molecule has 0 fully saturated rings. The molecule has 1 aromatic carbocycles. The van der Waals surface area contributed by atoms with Gasteiger partial charge < -0.3 is 5.32 Å². The largest absolute Gasteiger partial charge is 0.356 e. The molecule has 3 heteroatoms. The Labute approximate surface area is 115 Å². The summed E-state index contributed by atoms with van der Waals surface area (Å²) in [4.78, 5) is 11.8. The van der Waals surface area contributed by atoms with Crippen LogP contribution in [0.4, 0.5) is 4.39 Å². The van der Waals surface area contributed by atoms with Crippen LogP contribution in [0.5, 0.6) is 0 Å². The van der Waals surface area contributed by atoms with Gasteiger partial charge >= 0.3 is 0 Å². The third-order valence-electron chi connectivity index (χ3n) is 3.38. The molecule has 0 heterocycles. The standard InChI is InChI=1S/C16H24FNO/c1-3-5-7-13(4-2)12-18-16(19)11-14-8-6-9-15(17)10-14/h6,8-10,13H,3-5,7,11-12H2,1-2H3,(H,18,19). The van der Waals surface area contributed by atoms with E-state index in [4.69, 9.17) is 0 Å². The fourth-order valence-corrected chi connectivity index (χ4v) is 2.10. The van der Waals surface area contributed by atoms with Crippen molar-refractivity contribution in [3.05, 3.63) is 35.6 Å². The smallest absolute Gasteiger partial charge is 0.224 e. The van der Waals surface area contributed by atoms with Crippen molar-refractivity contribution in [1.82, 2.24) is 5.32 Å². The highest BCUT2D eigenvalue weighted by molar-refractivity contribution is 5.78. The summed E-state index contributed by atoms with van der Waals surface area (Å²) in [6, 6.07) is 6.21. The molecule has 1 amide bonds. The van der Waals surface area contributed by atoms with Gasteiger partial charge in [0.1, 0.15) is 5.82 Å². The number of benzene rings is 1. The van der Waals surface area contributed by atoms with E-state index in [9.17, 15) is 9.18 Å². The Balaban J connectivity index is 2.34. The summed E-state index contributed by atoms with van der Waals surface area (Å²) in [5, 5.41) is 2.95. The van der Waals surface area contributed by atoms with Gasteiger partial charge in [0.15, 0.2) is 0 Å². The summed E-state index contributed by atoms with van der Waals surface area (Å²) in [6.45, 7) is 5.05. The second kappa shape index (κ2) is 8.68. The van der Waals surface area contributed by atoms with Crippen LogP contribution in [-0.4, -0.2) is 12.5 Å². The first kappa shape index (κ1) is 15.7. The minimum absolute atomic E-state index is 0.0273. The molecule has 0 bridgehead atoms. The average molecular weight is 265 g/mol. The first-order valence-electron chi connectivity index (χ1n) is 7.16. The molecule has 0 saturated heterocycles. The molecule has 0 aromatic heterocycles. The summed E-state index contributed by atoms with van der Waals surface area (Å²) in [7, 11) is 0. The quantitative estimate of drug-likeness (QED) is 0.763. The number of nitrogens with one attached hydrogen (secondary N) is 1. The maximum absolute atomic E-state index is 13.0. The zero-order valence-electron chi connectivity index (χ0n) is 11.9. The highest BCUT2D eigenvalue weighted by atomic mass is 19.1. The van der Waals surface area contributed by atoms with E-state index in [-0.39, 0.29) is 18.1 Å². The van der Waals surface area contributed by atoms with Gasteiger partial charge in [-0.05, 0) is 30.0 Å². The van der Waals surface area contributed by atoms with Crippen molar-refractivity contribution < 1.29 is 9.18 Å². The van der Waals surface area contributed by atoms with Crippen molar-refractivity contribution in [2.75, 3.05) is 6.54 Å². The molecule has 0 aliphatic heterocycles. The van der Waals surface area contributed by atoms with Crippen molar-refractivity contribution in [2.45, 2.75) is 46.0 Å². The molecule has 0 aliphatic carbocycles. The Hall–Kier alpha value is -1.38. The monoisotopic (exact) mass is 265 g/mol. The average Bonchev–Trinajstić information content (AvgIpc) is 2.39. The SMILES string of the molecule is CCCCC(CC)CNC(=O)Cc1cccc(F)c1. The molecule has 0 saturated carbocycles. The van der Waals surface area contributed by atoms with Crippen molar-refractivity contribution in [1.29, 1.82) is 0 Å². The molecule has 1 rings (SSSR count). The maximum Gasteiger partial charge on any atom is 0.224 e. The van der Waals surface area contributed by atoms with Gasteiger partial charge in [0.05, 0.1) is 6.42 Å². The van der Waals surface area contributed by atoms with Gasteiger partial charge in [-0.3, -0.25) is 4.79 Å². The van der Waals surface area contributed by atoms with E-state index in [1.807, 2.05) is 0 Å². The van der Waals surface area contributed by atoms with E-state index < -0.39 is 0 Å². The van der Waals surface area contributed by atoms with E-state index in [1.54, 1.807) is 12.1 Å². The topological polar surface area (TPSA) is 29.1 Å². The minimum atomic E-state index is -0.292. The number of carbonyl (C=O) groups excluding carboxylic acids is 1. The maximum atomic E-state index is 13.0. The second-order valence-corrected chi connectivity index (χ2v) is 5.03. The molecule has 2 nitrogen and oxygen atoms in total. The highest BCUT2D eigenvalue weighted by Gasteiger charge is 2.09. The number of unbranched alkanes of at least 4 members (excludes halogenated alkanes) is 1. The van der Waals surface area contributed by atoms with Gasteiger partial charge in [0.2, 0.25) is 5.91 Å². The van der Waals surface area contributed by atoms with Crippen LogP contribution in [0.15, 0.2) is 24.3 Å². The zero-order valence-corrected chi connectivity index (χ0v) is 11.9. The van der Waals surface area contributed by atoms with Crippen molar-refractivity contribution >= 4 is 5.91 Å².